The van der Waals surface area contributed by atoms with E-state index in [1.54, 1.807) is 24.3 Å². The number of nitro groups is 1. The number of piperazine rings is 1. The lowest BCUT2D eigenvalue weighted by Crippen LogP contribution is -2.51. The molecule has 3 aromatic rings. The number of nitrogens with one attached hydrogen (secondary N) is 1. The van der Waals surface area contributed by atoms with Crippen LogP contribution in [-0.4, -0.2) is 66.7 Å². The van der Waals surface area contributed by atoms with Gasteiger partial charge in [-0.3, -0.25) is 19.7 Å². The molecular weight excluding hydrogens is 452 g/mol. The minimum atomic E-state index is -4.03. The van der Waals surface area contributed by atoms with Crippen LogP contribution in [0.1, 0.15) is 10.4 Å². The van der Waals surface area contributed by atoms with E-state index in [1.165, 1.54) is 30.3 Å². The fourth-order valence-electron chi connectivity index (χ4n) is 3.75. The van der Waals surface area contributed by atoms with Gasteiger partial charge >= 0.3 is 5.69 Å². The van der Waals surface area contributed by atoms with Gasteiger partial charge in [0.15, 0.2) is 5.75 Å². The van der Waals surface area contributed by atoms with Gasteiger partial charge in [0.2, 0.25) is 15.5 Å². The summed E-state index contributed by atoms with van der Waals surface area (Å²) >= 11 is 0. The van der Waals surface area contributed by atoms with E-state index in [1.807, 2.05) is 0 Å². The van der Waals surface area contributed by atoms with Crippen molar-refractivity contribution in [1.29, 1.82) is 0 Å². The molecule has 0 atom stereocenters. The van der Waals surface area contributed by atoms with Crippen molar-refractivity contribution in [1.82, 2.24) is 14.2 Å². The van der Waals surface area contributed by atoms with Gasteiger partial charge in [0, 0.05) is 49.3 Å². The predicted molar refractivity (Wildman–Crippen MR) is 119 cm³/mol. The number of carbonyl (C=O) groups excluding carboxylic acids is 1. The summed E-state index contributed by atoms with van der Waals surface area (Å²) in [6.07, 6.45) is 1.37. The molecule has 1 aromatic heterocycles. The normalized spacial score (nSPS) is 14.9. The molecule has 0 spiro atoms. The van der Waals surface area contributed by atoms with Crippen molar-refractivity contribution in [3.63, 3.8) is 0 Å². The number of nitrogens with zero attached hydrogens (tertiary/aromatic N) is 3. The summed E-state index contributed by atoms with van der Waals surface area (Å²) in [5, 5.41) is 11.6. The first kappa shape index (κ1) is 22.4. The van der Waals surface area contributed by atoms with E-state index in [4.69, 9.17) is 4.74 Å². The molecular formula is C21H20N4O7S. The molecule has 12 heteroatoms. The number of carbonyl (C=O) groups is 1. The molecule has 2 heterocycles. The Morgan fingerprint density at radius 2 is 1.82 bits per heavy atom. The van der Waals surface area contributed by atoms with Crippen LogP contribution >= 0.6 is 0 Å². The molecule has 11 nitrogen and oxygen atoms in total. The van der Waals surface area contributed by atoms with Gasteiger partial charge in [-0.05, 0) is 24.3 Å². The SMILES string of the molecule is COc1ccc(S(=O)(=O)N2CCN(C(=O)c3c[nH]c4ccccc4c3=O)CC2)cc1[N+](=O)[O-]. The largest absolute Gasteiger partial charge is 0.490 e. The van der Waals surface area contributed by atoms with E-state index in [2.05, 4.69) is 4.98 Å². The molecule has 1 aliphatic rings. The van der Waals surface area contributed by atoms with Crippen LogP contribution in [0.2, 0.25) is 0 Å². The molecule has 33 heavy (non-hydrogen) atoms. The van der Waals surface area contributed by atoms with Crippen LogP contribution in [0.3, 0.4) is 0 Å². The summed E-state index contributed by atoms with van der Waals surface area (Å²) in [5.41, 5.74) is -0.253. The van der Waals surface area contributed by atoms with E-state index in [0.29, 0.717) is 10.9 Å². The van der Waals surface area contributed by atoms with Crippen molar-refractivity contribution >= 4 is 32.5 Å². The van der Waals surface area contributed by atoms with Crippen LogP contribution in [-0.2, 0) is 10.0 Å². The Labute approximate surface area is 188 Å². The van der Waals surface area contributed by atoms with Gasteiger partial charge in [-0.15, -0.1) is 0 Å². The number of sulfonamides is 1. The first-order valence-corrected chi connectivity index (χ1v) is 11.4. The highest BCUT2D eigenvalue weighted by molar-refractivity contribution is 7.89. The Bertz CT molecular complexity index is 1410. The Morgan fingerprint density at radius 3 is 2.48 bits per heavy atom. The zero-order chi connectivity index (χ0) is 23.8. The van der Waals surface area contributed by atoms with Crippen LogP contribution < -0.4 is 10.2 Å². The predicted octanol–water partition coefficient (Wildman–Crippen LogP) is 1.59. The number of fused-ring (bicyclic) bond motifs is 1. The smallest absolute Gasteiger partial charge is 0.312 e. The standard InChI is InChI=1S/C21H20N4O7S/c1-32-19-7-6-14(12-18(19)25(28)29)33(30,31)24-10-8-23(9-11-24)21(27)16-13-22-17-5-3-2-4-15(17)20(16)26/h2-7,12-13H,8-11H2,1H3,(H,22,26). The summed E-state index contributed by atoms with van der Waals surface area (Å²) in [5.74, 6) is -0.533. The van der Waals surface area contributed by atoms with Gasteiger partial charge in [0.05, 0.1) is 16.9 Å². The zero-order valence-electron chi connectivity index (χ0n) is 17.6. The Hall–Kier alpha value is -3.77. The number of pyridine rings is 1. The van der Waals surface area contributed by atoms with E-state index < -0.39 is 32.0 Å². The topological polar surface area (TPSA) is 143 Å². The molecule has 0 unspecified atom stereocenters. The monoisotopic (exact) mass is 472 g/mol. The van der Waals surface area contributed by atoms with Crippen LogP contribution in [0, 0.1) is 10.1 Å². The maximum atomic E-state index is 13.0. The van der Waals surface area contributed by atoms with Gasteiger partial charge in [-0.2, -0.15) is 4.31 Å². The summed E-state index contributed by atoms with van der Waals surface area (Å²) in [4.78, 5) is 40.3. The highest BCUT2D eigenvalue weighted by Crippen LogP contribution is 2.30. The fourth-order valence-corrected chi connectivity index (χ4v) is 5.19. The second-order valence-electron chi connectivity index (χ2n) is 7.36. The fraction of sp³-hybridized carbons (Fsp3) is 0.238. The van der Waals surface area contributed by atoms with Crippen LogP contribution in [0.25, 0.3) is 10.9 Å². The van der Waals surface area contributed by atoms with Crippen LogP contribution in [0.4, 0.5) is 5.69 Å². The zero-order valence-corrected chi connectivity index (χ0v) is 18.4. The molecule has 0 aliphatic carbocycles. The molecule has 1 aliphatic heterocycles. The number of hydrogen-bond donors (Lipinski definition) is 1. The van der Waals surface area contributed by atoms with E-state index in [0.717, 1.165) is 10.4 Å². The minimum Gasteiger partial charge on any atom is -0.490 e. The number of nitro benzene ring substituents is 1. The lowest BCUT2D eigenvalue weighted by Gasteiger charge is -2.33. The quantitative estimate of drug-likeness (QED) is 0.439. The number of methoxy groups -OCH3 is 1. The first-order valence-electron chi connectivity index (χ1n) is 9.96. The van der Waals surface area contributed by atoms with Crippen LogP contribution in [0.5, 0.6) is 5.75 Å². The number of hydrogen-bond acceptors (Lipinski definition) is 7. The van der Waals surface area contributed by atoms with E-state index >= 15 is 0 Å². The van der Waals surface area contributed by atoms with Gasteiger partial charge in [0.25, 0.3) is 5.91 Å². The first-order chi connectivity index (χ1) is 15.7. The maximum absolute atomic E-state index is 13.0. The van der Waals surface area contributed by atoms with Gasteiger partial charge in [-0.25, -0.2) is 8.42 Å². The molecule has 1 saturated heterocycles. The lowest BCUT2D eigenvalue weighted by atomic mass is 10.1. The number of amides is 1. The number of rotatable bonds is 5. The maximum Gasteiger partial charge on any atom is 0.312 e. The minimum absolute atomic E-state index is 0.0145. The average Bonchev–Trinajstić information content (AvgIpc) is 2.83. The third-order valence-corrected chi connectivity index (χ3v) is 7.42. The Kier molecular flexibility index (Phi) is 5.87. The van der Waals surface area contributed by atoms with Crippen LogP contribution in [0.15, 0.2) is 58.4 Å². The summed E-state index contributed by atoms with van der Waals surface area (Å²) in [6.45, 7) is 0.115. The second-order valence-corrected chi connectivity index (χ2v) is 9.30. The number of H-pyrrole nitrogens is 1. The summed E-state index contributed by atoms with van der Waals surface area (Å²) in [7, 11) is -2.77. The summed E-state index contributed by atoms with van der Waals surface area (Å²) in [6, 6.07) is 10.3. The number of benzene rings is 2. The molecule has 172 valence electrons. The van der Waals surface area contributed by atoms with Crippen molar-refractivity contribution in [2.75, 3.05) is 33.3 Å². The average molecular weight is 472 g/mol. The third-order valence-electron chi connectivity index (χ3n) is 5.53. The highest BCUT2D eigenvalue weighted by atomic mass is 32.2. The molecule has 1 N–H and O–H groups in total. The van der Waals surface area contributed by atoms with Crippen molar-refractivity contribution in [3.05, 3.63) is 74.6 Å². The molecule has 1 amide bonds. The number of aromatic amines is 1. The number of ether oxygens (including phenoxy) is 1. The van der Waals surface area contributed by atoms with Crippen molar-refractivity contribution in [3.8, 4) is 5.75 Å². The molecule has 4 rings (SSSR count). The van der Waals surface area contributed by atoms with Crippen molar-refractivity contribution in [2.24, 2.45) is 0 Å². The Balaban J connectivity index is 1.52. The summed E-state index contributed by atoms with van der Waals surface area (Å²) < 4.78 is 32.1. The molecule has 0 saturated carbocycles. The molecule has 1 fully saturated rings. The number of para-hydroxylation sites is 1. The molecule has 0 radical (unpaired) electrons. The molecule has 0 bridgehead atoms. The van der Waals surface area contributed by atoms with Gasteiger partial charge in [0.1, 0.15) is 5.56 Å². The van der Waals surface area contributed by atoms with Gasteiger partial charge in [-0.1, -0.05) is 12.1 Å². The van der Waals surface area contributed by atoms with Crippen molar-refractivity contribution in [2.45, 2.75) is 4.90 Å². The van der Waals surface area contributed by atoms with E-state index in [9.17, 15) is 28.1 Å². The highest BCUT2D eigenvalue weighted by Gasteiger charge is 2.32. The third kappa shape index (κ3) is 4.05. The van der Waals surface area contributed by atoms with Gasteiger partial charge < -0.3 is 14.6 Å². The molecule has 2 aromatic carbocycles. The van der Waals surface area contributed by atoms with Crippen molar-refractivity contribution < 1.29 is 22.9 Å². The lowest BCUT2D eigenvalue weighted by molar-refractivity contribution is -0.386. The van der Waals surface area contributed by atoms with E-state index in [-0.39, 0.29) is 42.4 Å². The second kappa shape index (κ2) is 8.64. The Morgan fingerprint density at radius 1 is 1.12 bits per heavy atom. The number of aromatic nitrogens is 1.